The summed E-state index contributed by atoms with van der Waals surface area (Å²) in [6.07, 6.45) is 94.4. The summed E-state index contributed by atoms with van der Waals surface area (Å²) in [6, 6.07) is 0. The molecule has 0 N–H and O–H groups in total. The van der Waals surface area contributed by atoms with E-state index in [4.69, 9.17) is 14.2 Å². The van der Waals surface area contributed by atoms with Crippen LogP contribution in [0, 0.1) is 0 Å². The van der Waals surface area contributed by atoms with E-state index >= 15 is 0 Å². The zero-order valence-electron chi connectivity index (χ0n) is 54.2. The van der Waals surface area contributed by atoms with Crippen molar-refractivity contribution in [3.05, 3.63) is 97.2 Å². The molecular weight excluding hydrogens is 1010 g/mol. The Morgan fingerprint density at radius 3 is 0.756 bits per heavy atom. The van der Waals surface area contributed by atoms with E-state index in [-0.39, 0.29) is 31.1 Å². The van der Waals surface area contributed by atoms with Gasteiger partial charge in [0.25, 0.3) is 0 Å². The van der Waals surface area contributed by atoms with Gasteiger partial charge in [0, 0.05) is 19.3 Å². The molecule has 0 aliphatic heterocycles. The van der Waals surface area contributed by atoms with Crippen molar-refractivity contribution < 1.29 is 28.6 Å². The topological polar surface area (TPSA) is 78.9 Å². The molecule has 0 aliphatic rings. The maximum atomic E-state index is 12.9. The van der Waals surface area contributed by atoms with Gasteiger partial charge in [-0.15, -0.1) is 0 Å². The molecule has 1 unspecified atom stereocenters. The van der Waals surface area contributed by atoms with Crippen LogP contribution in [0.2, 0.25) is 0 Å². The molecule has 0 saturated carbocycles. The van der Waals surface area contributed by atoms with Gasteiger partial charge in [-0.3, -0.25) is 14.4 Å². The number of carbonyl (C=O) groups is 3. The number of hydrogen-bond donors (Lipinski definition) is 0. The first kappa shape index (κ1) is 78.3. The molecule has 0 aromatic heterocycles. The van der Waals surface area contributed by atoms with Crippen LogP contribution in [0.3, 0.4) is 0 Å². The fourth-order valence-electron chi connectivity index (χ4n) is 10.1. The molecular formula is C76H132O6. The molecule has 0 aromatic rings. The van der Waals surface area contributed by atoms with Gasteiger partial charge < -0.3 is 14.2 Å². The summed E-state index contributed by atoms with van der Waals surface area (Å²) < 4.78 is 16.9. The van der Waals surface area contributed by atoms with Crippen molar-refractivity contribution in [1.29, 1.82) is 0 Å². The first-order valence-electron chi connectivity index (χ1n) is 35.2. The van der Waals surface area contributed by atoms with Gasteiger partial charge in [-0.2, -0.15) is 0 Å². The zero-order chi connectivity index (χ0) is 59.2. The predicted molar refractivity (Wildman–Crippen MR) is 357 cm³/mol. The second-order valence-electron chi connectivity index (χ2n) is 23.4. The Kier molecular flexibility index (Phi) is 66.7. The van der Waals surface area contributed by atoms with Crippen LogP contribution >= 0.6 is 0 Å². The number of rotatable bonds is 64. The Labute approximate surface area is 508 Å². The number of allylic oxidation sites excluding steroid dienone is 16. The van der Waals surface area contributed by atoms with Crippen LogP contribution in [0.15, 0.2) is 97.2 Å². The fourth-order valence-corrected chi connectivity index (χ4v) is 10.1. The average molecular weight is 1140 g/mol. The maximum absolute atomic E-state index is 12.9. The molecule has 6 heteroatoms. The summed E-state index contributed by atoms with van der Waals surface area (Å²) in [6.45, 7) is 6.55. The third-order valence-corrected chi connectivity index (χ3v) is 15.3. The van der Waals surface area contributed by atoms with Crippen molar-refractivity contribution in [2.75, 3.05) is 13.2 Å². The van der Waals surface area contributed by atoms with Gasteiger partial charge in [0.2, 0.25) is 0 Å². The van der Waals surface area contributed by atoms with Gasteiger partial charge >= 0.3 is 17.9 Å². The van der Waals surface area contributed by atoms with Crippen molar-refractivity contribution in [3.63, 3.8) is 0 Å². The maximum Gasteiger partial charge on any atom is 0.306 e. The lowest BCUT2D eigenvalue weighted by Gasteiger charge is -2.18. The number of ether oxygens (including phenoxy) is 3. The predicted octanol–water partition coefficient (Wildman–Crippen LogP) is 24.4. The summed E-state index contributed by atoms with van der Waals surface area (Å²) in [5, 5.41) is 0. The summed E-state index contributed by atoms with van der Waals surface area (Å²) in [5.74, 6) is -0.862. The highest BCUT2D eigenvalue weighted by Gasteiger charge is 2.19. The van der Waals surface area contributed by atoms with E-state index in [1.54, 1.807) is 0 Å². The molecule has 0 amide bonds. The Morgan fingerprint density at radius 2 is 0.476 bits per heavy atom. The highest BCUT2D eigenvalue weighted by molar-refractivity contribution is 5.71. The monoisotopic (exact) mass is 1140 g/mol. The second kappa shape index (κ2) is 69.8. The number of hydrogen-bond acceptors (Lipinski definition) is 6. The van der Waals surface area contributed by atoms with Crippen LogP contribution in [-0.4, -0.2) is 37.2 Å². The van der Waals surface area contributed by atoms with E-state index in [1.165, 1.54) is 205 Å². The third kappa shape index (κ3) is 67.1. The summed E-state index contributed by atoms with van der Waals surface area (Å²) in [5.41, 5.74) is 0. The van der Waals surface area contributed by atoms with Gasteiger partial charge in [0.1, 0.15) is 13.2 Å². The lowest BCUT2D eigenvalue weighted by molar-refractivity contribution is -0.167. The molecule has 0 heterocycles. The van der Waals surface area contributed by atoms with Crippen LogP contribution < -0.4 is 0 Å². The van der Waals surface area contributed by atoms with Gasteiger partial charge in [0.15, 0.2) is 6.10 Å². The van der Waals surface area contributed by atoms with Crippen LogP contribution in [0.1, 0.15) is 348 Å². The molecule has 0 aliphatic carbocycles. The smallest absolute Gasteiger partial charge is 0.306 e. The third-order valence-electron chi connectivity index (χ3n) is 15.3. The summed E-state index contributed by atoms with van der Waals surface area (Å²) in [4.78, 5) is 38.3. The zero-order valence-corrected chi connectivity index (χ0v) is 54.2. The van der Waals surface area contributed by atoms with Crippen LogP contribution in [0.5, 0.6) is 0 Å². The van der Waals surface area contributed by atoms with Crippen molar-refractivity contribution in [2.24, 2.45) is 0 Å². The molecule has 0 aromatic carbocycles. The Balaban J connectivity index is 4.13. The minimum atomic E-state index is -0.776. The highest BCUT2D eigenvalue weighted by Crippen LogP contribution is 2.17. The van der Waals surface area contributed by atoms with Crippen molar-refractivity contribution in [2.45, 2.75) is 354 Å². The van der Waals surface area contributed by atoms with E-state index in [0.29, 0.717) is 19.3 Å². The summed E-state index contributed by atoms with van der Waals surface area (Å²) >= 11 is 0. The lowest BCUT2D eigenvalue weighted by Crippen LogP contribution is -2.30. The van der Waals surface area contributed by atoms with E-state index in [9.17, 15) is 14.4 Å². The van der Waals surface area contributed by atoms with Gasteiger partial charge in [0.05, 0.1) is 0 Å². The van der Waals surface area contributed by atoms with Crippen molar-refractivity contribution in [3.8, 4) is 0 Å². The van der Waals surface area contributed by atoms with E-state index in [2.05, 4.69) is 118 Å². The SMILES string of the molecule is CC/C=C\C/C=C\C/C=C\C/C=C\C/C=C\C/C=C\C/C=C\CCCCCCCCCCCCCCCC(=O)OCC(COC(=O)CCCCCCCCCCCC)OC(=O)CCCCCCCCCCC/C=C\CCCCCCCC. The molecule has 0 fully saturated rings. The van der Waals surface area contributed by atoms with E-state index in [1.807, 2.05) is 0 Å². The van der Waals surface area contributed by atoms with Crippen LogP contribution in [0.4, 0.5) is 0 Å². The first-order chi connectivity index (χ1) is 40.5. The molecule has 0 spiro atoms. The molecule has 0 rings (SSSR count). The second-order valence-corrected chi connectivity index (χ2v) is 23.4. The minimum absolute atomic E-state index is 0.0732. The first-order valence-corrected chi connectivity index (χ1v) is 35.2. The van der Waals surface area contributed by atoms with Crippen molar-refractivity contribution >= 4 is 17.9 Å². The van der Waals surface area contributed by atoms with Gasteiger partial charge in [-0.25, -0.2) is 0 Å². The van der Waals surface area contributed by atoms with Gasteiger partial charge in [-0.1, -0.05) is 323 Å². The van der Waals surface area contributed by atoms with Crippen LogP contribution in [0.25, 0.3) is 0 Å². The molecule has 6 nitrogen and oxygen atoms in total. The number of carbonyl (C=O) groups excluding carboxylic acids is 3. The van der Waals surface area contributed by atoms with Crippen molar-refractivity contribution in [1.82, 2.24) is 0 Å². The minimum Gasteiger partial charge on any atom is -0.462 e. The standard InChI is InChI=1S/C76H132O6/c1-4-7-10-13-16-19-22-24-26-28-30-31-32-33-34-35-36-37-38-39-40-41-42-43-44-45-47-48-50-52-54-57-60-63-66-69-75(78)81-72-73(71-80-74(77)68-65-62-59-56-21-18-15-12-9-6-3)82-76(79)70-67-64-61-58-55-53-51-49-46-29-27-25-23-20-17-14-11-8-5-2/h7,10,16,19,24-27,30-31,33-34,36-37,39-40,73H,4-6,8-9,11-15,17-18,20-23,28-29,32,35,38,41-72H2,1-3H3/b10-7-,19-16-,26-24-,27-25-,31-30-,34-33-,37-36-,40-39-. The summed E-state index contributed by atoms with van der Waals surface area (Å²) in [7, 11) is 0. The lowest BCUT2D eigenvalue weighted by atomic mass is 10.0. The molecule has 472 valence electrons. The molecule has 0 saturated heterocycles. The largest absolute Gasteiger partial charge is 0.462 e. The Morgan fingerprint density at radius 1 is 0.256 bits per heavy atom. The fraction of sp³-hybridized carbons (Fsp3) is 0.750. The normalized spacial score (nSPS) is 12.7. The number of unbranched alkanes of at least 4 members (excludes halogenated alkanes) is 37. The quantitative estimate of drug-likeness (QED) is 0.0261. The molecule has 0 bridgehead atoms. The number of esters is 3. The van der Waals surface area contributed by atoms with Crippen LogP contribution in [-0.2, 0) is 28.6 Å². The molecule has 82 heavy (non-hydrogen) atoms. The molecule has 0 radical (unpaired) electrons. The average Bonchev–Trinajstić information content (AvgIpc) is 3.48. The molecule has 1 atom stereocenters. The van der Waals surface area contributed by atoms with E-state index < -0.39 is 6.10 Å². The van der Waals surface area contributed by atoms with Gasteiger partial charge in [-0.05, 0) is 103 Å². The Hall–Kier alpha value is -3.67. The highest BCUT2D eigenvalue weighted by atomic mass is 16.6. The van der Waals surface area contributed by atoms with E-state index in [0.717, 1.165) is 103 Å². The Bertz CT molecular complexity index is 1590.